The summed E-state index contributed by atoms with van der Waals surface area (Å²) in [6, 6.07) is 4.73. The van der Waals surface area contributed by atoms with Gasteiger partial charge in [-0.05, 0) is 24.6 Å². The number of aliphatic carboxylic acids is 1. The van der Waals surface area contributed by atoms with E-state index in [0.29, 0.717) is 10.9 Å². The second kappa shape index (κ2) is 6.83. The van der Waals surface area contributed by atoms with Crippen LogP contribution in [0.25, 0.3) is 0 Å². The van der Waals surface area contributed by atoms with Gasteiger partial charge in [0.05, 0.1) is 5.56 Å². The molecule has 1 atom stereocenters. The van der Waals surface area contributed by atoms with Crippen molar-refractivity contribution in [1.29, 1.82) is 5.26 Å². The van der Waals surface area contributed by atoms with Crippen LogP contribution in [0, 0.1) is 11.3 Å². The van der Waals surface area contributed by atoms with Crippen molar-refractivity contribution in [3.05, 3.63) is 28.2 Å². The number of carboxylic acids is 1. The molecule has 1 aromatic carbocycles. The summed E-state index contributed by atoms with van der Waals surface area (Å²) < 4.78 is 27.0. The molecule has 0 amide bonds. The summed E-state index contributed by atoms with van der Waals surface area (Å²) >= 11 is 3.13. The van der Waals surface area contributed by atoms with Crippen molar-refractivity contribution >= 4 is 31.9 Å². The summed E-state index contributed by atoms with van der Waals surface area (Å²) in [7, 11) is -4.08. The van der Waals surface area contributed by atoms with Crippen molar-refractivity contribution in [1.82, 2.24) is 4.72 Å². The molecule has 0 spiro atoms. The van der Waals surface area contributed by atoms with Crippen molar-refractivity contribution in [2.75, 3.05) is 0 Å². The molecule has 2 N–H and O–H groups in total. The maximum Gasteiger partial charge on any atom is 0.321 e. The zero-order valence-corrected chi connectivity index (χ0v) is 13.0. The van der Waals surface area contributed by atoms with Gasteiger partial charge < -0.3 is 5.11 Å². The molecule has 6 nitrogen and oxygen atoms in total. The Kier molecular flexibility index (Phi) is 5.68. The van der Waals surface area contributed by atoms with E-state index in [9.17, 15) is 13.2 Å². The molecule has 0 aliphatic heterocycles. The van der Waals surface area contributed by atoms with Crippen molar-refractivity contribution in [2.45, 2.75) is 30.7 Å². The lowest BCUT2D eigenvalue weighted by Gasteiger charge is -2.14. The van der Waals surface area contributed by atoms with E-state index in [-0.39, 0.29) is 16.9 Å². The van der Waals surface area contributed by atoms with Gasteiger partial charge in [-0.1, -0.05) is 29.3 Å². The molecule has 1 aromatic rings. The number of hydrogen-bond donors (Lipinski definition) is 2. The van der Waals surface area contributed by atoms with Crippen LogP contribution in [0.2, 0.25) is 0 Å². The van der Waals surface area contributed by atoms with Gasteiger partial charge >= 0.3 is 5.97 Å². The van der Waals surface area contributed by atoms with Crippen LogP contribution in [0.4, 0.5) is 0 Å². The predicted octanol–water partition coefficient (Wildman–Crippen LogP) is 1.85. The summed E-state index contributed by atoms with van der Waals surface area (Å²) in [6.07, 6.45) is 0.688. The standard InChI is InChI=1S/C12H13BrN2O4S/c1-2-3-10(12(16)17)15-20(18,19)11-6-9(13)5-4-8(11)7-14/h4-6,10,15H,2-3H2,1H3,(H,16,17). The molecule has 0 aliphatic carbocycles. The Bertz CT molecular complexity index is 652. The number of carboxylic acid groups (broad SMARTS) is 1. The quantitative estimate of drug-likeness (QED) is 0.804. The first-order valence-corrected chi connectivity index (χ1v) is 8.04. The van der Waals surface area contributed by atoms with Crippen LogP contribution >= 0.6 is 15.9 Å². The number of sulfonamides is 1. The van der Waals surface area contributed by atoms with Crippen molar-refractivity contribution in [3.63, 3.8) is 0 Å². The molecular formula is C12H13BrN2O4S. The smallest absolute Gasteiger partial charge is 0.321 e. The average molecular weight is 361 g/mol. The molecule has 0 saturated heterocycles. The topological polar surface area (TPSA) is 107 Å². The maximum atomic E-state index is 12.2. The lowest BCUT2D eigenvalue weighted by Crippen LogP contribution is -2.40. The van der Waals surface area contributed by atoms with E-state index in [4.69, 9.17) is 10.4 Å². The van der Waals surface area contributed by atoms with Crippen molar-refractivity contribution < 1.29 is 18.3 Å². The fourth-order valence-electron chi connectivity index (χ4n) is 1.58. The Labute approximate surface area is 125 Å². The van der Waals surface area contributed by atoms with E-state index >= 15 is 0 Å². The summed E-state index contributed by atoms with van der Waals surface area (Å²) in [6.45, 7) is 1.75. The minimum absolute atomic E-state index is 0.0404. The van der Waals surface area contributed by atoms with Crippen LogP contribution in [0.3, 0.4) is 0 Å². The minimum Gasteiger partial charge on any atom is -0.480 e. The van der Waals surface area contributed by atoms with E-state index < -0.39 is 22.0 Å². The largest absolute Gasteiger partial charge is 0.480 e. The van der Waals surface area contributed by atoms with Gasteiger partial charge in [-0.3, -0.25) is 4.79 Å². The Hall–Kier alpha value is -1.43. The molecule has 0 saturated carbocycles. The van der Waals surface area contributed by atoms with Crippen molar-refractivity contribution in [2.24, 2.45) is 0 Å². The SMILES string of the molecule is CCCC(NS(=O)(=O)c1cc(Br)ccc1C#N)C(=O)O. The number of nitrogens with one attached hydrogen (secondary N) is 1. The fourth-order valence-corrected chi connectivity index (χ4v) is 3.50. The molecule has 0 fully saturated rings. The first-order valence-electron chi connectivity index (χ1n) is 5.76. The van der Waals surface area contributed by atoms with Crippen LogP contribution in [0.5, 0.6) is 0 Å². The van der Waals surface area contributed by atoms with Crippen LogP contribution in [0.15, 0.2) is 27.6 Å². The molecule has 0 aromatic heterocycles. The second-order valence-corrected chi connectivity index (χ2v) is 6.65. The number of nitrogens with zero attached hydrogens (tertiary/aromatic N) is 1. The molecule has 0 radical (unpaired) electrons. The summed E-state index contributed by atoms with van der Waals surface area (Å²) in [4.78, 5) is 10.8. The molecule has 0 aliphatic rings. The number of rotatable bonds is 6. The highest BCUT2D eigenvalue weighted by molar-refractivity contribution is 9.10. The first kappa shape index (κ1) is 16.6. The molecule has 108 valence electrons. The highest BCUT2D eigenvalue weighted by Crippen LogP contribution is 2.21. The zero-order chi connectivity index (χ0) is 15.3. The van der Waals surface area contributed by atoms with Gasteiger partial charge in [0.15, 0.2) is 0 Å². The Balaban J connectivity index is 3.20. The van der Waals surface area contributed by atoms with Gasteiger partial charge in [0, 0.05) is 4.47 Å². The number of nitriles is 1. The van der Waals surface area contributed by atoms with E-state index in [1.54, 1.807) is 13.0 Å². The van der Waals surface area contributed by atoms with E-state index in [1.807, 2.05) is 0 Å². The Morgan fingerprint density at radius 3 is 2.70 bits per heavy atom. The first-order chi connectivity index (χ1) is 9.31. The van der Waals surface area contributed by atoms with Crippen LogP contribution < -0.4 is 4.72 Å². The monoisotopic (exact) mass is 360 g/mol. The third kappa shape index (κ3) is 4.03. The molecule has 0 bridgehead atoms. The number of hydrogen-bond acceptors (Lipinski definition) is 4. The van der Waals surface area contributed by atoms with Gasteiger partial charge in [-0.2, -0.15) is 9.98 Å². The molecule has 0 heterocycles. The third-order valence-corrected chi connectivity index (χ3v) is 4.53. The number of carbonyl (C=O) groups is 1. The lowest BCUT2D eigenvalue weighted by molar-refractivity contribution is -0.139. The highest BCUT2D eigenvalue weighted by Gasteiger charge is 2.26. The van der Waals surface area contributed by atoms with E-state index in [1.165, 1.54) is 18.2 Å². The minimum atomic E-state index is -4.08. The van der Waals surface area contributed by atoms with Gasteiger partial charge in [0.25, 0.3) is 0 Å². The van der Waals surface area contributed by atoms with Crippen LogP contribution in [-0.4, -0.2) is 25.5 Å². The number of halogens is 1. The maximum absolute atomic E-state index is 12.2. The average Bonchev–Trinajstić information content (AvgIpc) is 2.38. The molecule has 8 heteroatoms. The van der Waals surface area contributed by atoms with Crippen molar-refractivity contribution in [3.8, 4) is 6.07 Å². The molecule has 1 rings (SSSR count). The zero-order valence-electron chi connectivity index (χ0n) is 10.6. The number of benzene rings is 1. The normalized spacial score (nSPS) is 12.7. The third-order valence-electron chi connectivity index (χ3n) is 2.53. The highest BCUT2D eigenvalue weighted by atomic mass is 79.9. The van der Waals surface area contributed by atoms with Crippen LogP contribution in [0.1, 0.15) is 25.3 Å². The molecular weight excluding hydrogens is 348 g/mol. The van der Waals surface area contributed by atoms with E-state index in [0.717, 1.165) is 0 Å². The summed E-state index contributed by atoms with van der Waals surface area (Å²) in [5.41, 5.74) is -0.0404. The van der Waals surface area contributed by atoms with Gasteiger partial charge in [0.2, 0.25) is 10.0 Å². The second-order valence-electron chi connectivity index (χ2n) is 4.05. The summed E-state index contributed by atoms with van der Waals surface area (Å²) in [5, 5.41) is 17.9. The predicted molar refractivity (Wildman–Crippen MR) is 75.5 cm³/mol. The molecule has 1 unspecified atom stereocenters. The van der Waals surface area contributed by atoms with Gasteiger partial charge in [0.1, 0.15) is 17.0 Å². The van der Waals surface area contributed by atoms with Gasteiger partial charge in [-0.15, -0.1) is 0 Å². The Morgan fingerprint density at radius 1 is 1.55 bits per heavy atom. The molecule has 20 heavy (non-hydrogen) atoms. The van der Waals surface area contributed by atoms with Crippen LogP contribution in [-0.2, 0) is 14.8 Å². The summed E-state index contributed by atoms with van der Waals surface area (Å²) in [5.74, 6) is -1.25. The van der Waals surface area contributed by atoms with E-state index in [2.05, 4.69) is 20.7 Å². The van der Waals surface area contributed by atoms with Gasteiger partial charge in [-0.25, -0.2) is 8.42 Å². The lowest BCUT2D eigenvalue weighted by atomic mass is 10.2. The fraction of sp³-hybridized carbons (Fsp3) is 0.333. The Morgan fingerprint density at radius 2 is 2.20 bits per heavy atom.